The molecule has 0 fully saturated rings. The fraction of sp³-hybridized carbons (Fsp3) is 0.0556. The topological polar surface area (TPSA) is 117 Å². The summed E-state index contributed by atoms with van der Waals surface area (Å²) in [5, 5.41) is 0.105. The third-order valence-electron chi connectivity index (χ3n) is 3.92. The summed E-state index contributed by atoms with van der Waals surface area (Å²) in [5.41, 5.74) is 11.0. The molecule has 4 N–H and O–H groups in total. The van der Waals surface area contributed by atoms with Gasteiger partial charge in [-0.15, -0.1) is 0 Å². The van der Waals surface area contributed by atoms with E-state index in [0.29, 0.717) is 10.9 Å². The molecule has 0 saturated carbocycles. The van der Waals surface area contributed by atoms with Crippen LogP contribution in [0.1, 0.15) is 17.3 Å². The Morgan fingerprint density at radius 2 is 1.81 bits per heavy atom. The largest absolute Gasteiger partial charge is 0.424 e. The van der Waals surface area contributed by atoms with Gasteiger partial charge in [-0.1, -0.05) is 29.8 Å². The van der Waals surface area contributed by atoms with Gasteiger partial charge < -0.3 is 16.2 Å². The Balaban J connectivity index is 2.34. The molecule has 1 heterocycles. The van der Waals surface area contributed by atoms with E-state index < -0.39 is 23.7 Å². The van der Waals surface area contributed by atoms with Crippen LogP contribution >= 0.6 is 11.6 Å². The molecular weight excluding hydrogens is 377 g/mol. The molecule has 9 heteroatoms. The van der Waals surface area contributed by atoms with Gasteiger partial charge in [0.15, 0.2) is 11.6 Å². The molecule has 0 saturated heterocycles. The van der Waals surface area contributed by atoms with Crippen LogP contribution in [0.2, 0.25) is 5.02 Å². The quantitative estimate of drug-likeness (QED) is 0.528. The summed E-state index contributed by atoms with van der Waals surface area (Å²) in [6.07, 6.45) is 1.35. The highest BCUT2D eigenvalue weighted by atomic mass is 35.5. The maximum Gasteiger partial charge on any atom is 0.323 e. The fourth-order valence-electron chi connectivity index (χ4n) is 2.82. The van der Waals surface area contributed by atoms with Crippen LogP contribution < -0.4 is 16.2 Å². The monoisotopic (exact) mass is 389 g/mol. The summed E-state index contributed by atoms with van der Waals surface area (Å²) in [7, 11) is 0. The van der Waals surface area contributed by atoms with Crippen LogP contribution in [-0.2, 0) is 4.79 Å². The first kappa shape index (κ1) is 18.4. The van der Waals surface area contributed by atoms with Gasteiger partial charge in [0, 0.05) is 29.6 Å². The molecule has 0 radical (unpaired) electrons. The van der Waals surface area contributed by atoms with Gasteiger partial charge in [0.05, 0.1) is 10.6 Å². The molecule has 0 aliphatic rings. The molecule has 3 aromatic rings. The van der Waals surface area contributed by atoms with Crippen LogP contribution in [0, 0.1) is 5.82 Å². The average molecular weight is 390 g/mol. The maximum absolute atomic E-state index is 14.4. The number of para-hydroxylation sites is 1. The minimum atomic E-state index is -0.974. The normalized spacial score (nSPS) is 10.8. The number of carbonyl (C=O) groups is 3. The molecule has 7 nitrogen and oxygen atoms in total. The zero-order valence-electron chi connectivity index (χ0n) is 14.0. The van der Waals surface area contributed by atoms with E-state index in [0.717, 1.165) is 4.57 Å². The number of nitrogens with two attached hydrogens (primary N) is 2. The number of benzene rings is 2. The number of ether oxygens (including phenoxy) is 1. The summed E-state index contributed by atoms with van der Waals surface area (Å²) in [6, 6.07) is 6.49. The van der Waals surface area contributed by atoms with Crippen LogP contribution in [0.15, 0.2) is 36.5 Å². The lowest BCUT2D eigenvalue weighted by atomic mass is 10.0. The van der Waals surface area contributed by atoms with Gasteiger partial charge in [0.2, 0.25) is 0 Å². The van der Waals surface area contributed by atoms with Crippen molar-refractivity contribution in [2.75, 3.05) is 0 Å². The second kappa shape index (κ2) is 6.73. The Morgan fingerprint density at radius 1 is 1.11 bits per heavy atom. The standard InChI is InChI=1S/C18H13ClFN3O4/c1-8(24)27-13-4-2-3-10-12(7-23(16(10)13)18(22)26)9-5-6-11(17(21)25)15(20)14(9)19/h2-7H,1H3,(H2,21,25)(H2,22,26). The first-order valence-electron chi connectivity index (χ1n) is 7.62. The minimum Gasteiger partial charge on any atom is -0.424 e. The summed E-state index contributed by atoms with van der Waals surface area (Å²) in [5.74, 6) is -2.41. The molecule has 0 unspecified atom stereocenters. The number of hydrogen-bond donors (Lipinski definition) is 2. The van der Waals surface area contributed by atoms with E-state index >= 15 is 0 Å². The Bertz CT molecular complexity index is 1120. The van der Waals surface area contributed by atoms with Gasteiger partial charge in [0.25, 0.3) is 5.91 Å². The van der Waals surface area contributed by atoms with Crippen molar-refractivity contribution in [3.8, 4) is 16.9 Å². The summed E-state index contributed by atoms with van der Waals surface area (Å²) >= 11 is 6.10. The highest BCUT2D eigenvalue weighted by molar-refractivity contribution is 6.34. The summed E-state index contributed by atoms with van der Waals surface area (Å²) in [6.45, 7) is 1.21. The molecule has 2 aromatic carbocycles. The van der Waals surface area contributed by atoms with Gasteiger partial charge in [-0.05, 0) is 12.1 Å². The van der Waals surface area contributed by atoms with Gasteiger partial charge >= 0.3 is 12.0 Å². The average Bonchev–Trinajstić information content (AvgIpc) is 2.97. The van der Waals surface area contributed by atoms with Crippen LogP contribution in [0.4, 0.5) is 9.18 Å². The molecule has 2 amide bonds. The van der Waals surface area contributed by atoms with Crippen LogP contribution in [0.25, 0.3) is 22.0 Å². The number of amides is 2. The third-order valence-corrected chi connectivity index (χ3v) is 4.29. The molecule has 0 aliphatic heterocycles. The van der Waals surface area contributed by atoms with Crippen molar-refractivity contribution < 1.29 is 23.5 Å². The van der Waals surface area contributed by atoms with E-state index in [1.165, 1.54) is 31.3 Å². The molecule has 0 bridgehead atoms. The maximum atomic E-state index is 14.4. The summed E-state index contributed by atoms with van der Waals surface area (Å²) in [4.78, 5) is 34.5. The molecule has 1 aromatic heterocycles. The van der Waals surface area contributed by atoms with E-state index in [9.17, 15) is 18.8 Å². The number of fused-ring (bicyclic) bond motifs is 1. The number of nitrogens with zero attached hydrogens (tertiary/aromatic N) is 1. The Hall–Kier alpha value is -3.39. The number of carbonyl (C=O) groups excluding carboxylic acids is 3. The van der Waals surface area contributed by atoms with Crippen LogP contribution in [0.5, 0.6) is 5.75 Å². The van der Waals surface area contributed by atoms with Crippen molar-refractivity contribution in [1.82, 2.24) is 4.57 Å². The van der Waals surface area contributed by atoms with E-state index in [1.54, 1.807) is 12.1 Å². The smallest absolute Gasteiger partial charge is 0.323 e. The minimum absolute atomic E-state index is 0.107. The van der Waals surface area contributed by atoms with Crippen molar-refractivity contribution in [3.05, 3.63) is 52.9 Å². The molecular formula is C18H13ClFN3O4. The number of aromatic nitrogens is 1. The molecule has 27 heavy (non-hydrogen) atoms. The van der Waals surface area contributed by atoms with Gasteiger partial charge in [-0.2, -0.15) is 0 Å². The first-order chi connectivity index (χ1) is 12.7. The molecule has 0 aliphatic carbocycles. The molecule has 0 spiro atoms. The molecule has 3 rings (SSSR count). The Morgan fingerprint density at radius 3 is 2.41 bits per heavy atom. The Kier molecular flexibility index (Phi) is 4.59. The Labute approximate surface area is 157 Å². The van der Waals surface area contributed by atoms with Crippen LogP contribution in [0.3, 0.4) is 0 Å². The highest BCUT2D eigenvalue weighted by Gasteiger charge is 2.22. The molecule has 138 valence electrons. The highest BCUT2D eigenvalue weighted by Crippen LogP contribution is 2.39. The third kappa shape index (κ3) is 3.11. The second-order valence-electron chi connectivity index (χ2n) is 5.65. The predicted molar refractivity (Wildman–Crippen MR) is 97.2 cm³/mol. The lowest BCUT2D eigenvalue weighted by Crippen LogP contribution is -2.18. The van der Waals surface area contributed by atoms with Gasteiger partial charge in [0.1, 0.15) is 5.52 Å². The number of hydrogen-bond acceptors (Lipinski definition) is 4. The predicted octanol–water partition coefficient (Wildman–Crippen LogP) is 3.05. The van der Waals surface area contributed by atoms with Crippen LogP contribution in [-0.4, -0.2) is 22.5 Å². The first-order valence-corrected chi connectivity index (χ1v) is 8.00. The molecule has 0 atom stereocenters. The van der Waals surface area contributed by atoms with E-state index in [-0.39, 0.29) is 27.4 Å². The number of rotatable bonds is 3. The zero-order valence-corrected chi connectivity index (χ0v) is 14.7. The SMILES string of the molecule is CC(=O)Oc1cccc2c(-c3ccc(C(N)=O)c(F)c3Cl)cn(C(N)=O)c12. The number of primary amides is 2. The van der Waals surface area contributed by atoms with E-state index in [2.05, 4.69) is 0 Å². The lowest BCUT2D eigenvalue weighted by Gasteiger charge is -2.08. The van der Waals surface area contributed by atoms with Gasteiger partial charge in [-0.25, -0.2) is 9.18 Å². The van der Waals surface area contributed by atoms with Gasteiger partial charge in [-0.3, -0.25) is 14.2 Å². The number of halogens is 2. The lowest BCUT2D eigenvalue weighted by molar-refractivity contribution is -0.131. The number of esters is 1. The second-order valence-corrected chi connectivity index (χ2v) is 6.03. The zero-order chi connectivity index (χ0) is 19.9. The summed E-state index contributed by atoms with van der Waals surface area (Å²) < 4.78 is 20.6. The van der Waals surface area contributed by atoms with Crippen molar-refractivity contribution in [2.24, 2.45) is 11.5 Å². The fourth-order valence-corrected chi connectivity index (χ4v) is 3.09. The van der Waals surface area contributed by atoms with Crippen molar-refractivity contribution >= 4 is 40.4 Å². The van der Waals surface area contributed by atoms with Crippen molar-refractivity contribution in [1.29, 1.82) is 0 Å². The van der Waals surface area contributed by atoms with Crippen molar-refractivity contribution in [3.63, 3.8) is 0 Å². The van der Waals surface area contributed by atoms with E-state index in [4.69, 9.17) is 27.8 Å². The van der Waals surface area contributed by atoms with Crippen molar-refractivity contribution in [2.45, 2.75) is 6.92 Å². The van der Waals surface area contributed by atoms with E-state index in [1.807, 2.05) is 0 Å².